The fraction of sp³-hybridized carbons (Fsp3) is 0.412. The molecule has 1 aromatic rings. The minimum absolute atomic E-state index is 0.770. The van der Waals surface area contributed by atoms with Gasteiger partial charge in [0.25, 0.3) is 0 Å². The van der Waals surface area contributed by atoms with Gasteiger partial charge in [-0.2, -0.15) is 0 Å². The standard InChI is InChI=1S/C17H19.Zr/c1-2-13-11-15-9-6-10-16(17(15)12-13)14-7-4-3-5-8-14;/h3-11,13,15,17H,2,12H2,1H3;. The van der Waals surface area contributed by atoms with Gasteiger partial charge >= 0.3 is 126 Å². The maximum atomic E-state index is 2.46. The minimum atomic E-state index is 0.770. The number of fused-ring (bicyclic) bond motifs is 1. The summed E-state index contributed by atoms with van der Waals surface area (Å²) >= 11 is 1.73. The summed E-state index contributed by atoms with van der Waals surface area (Å²) < 4.78 is 0.927. The van der Waals surface area contributed by atoms with Crippen molar-refractivity contribution >= 4 is 5.57 Å². The Hall–Kier alpha value is -0.417. The summed E-state index contributed by atoms with van der Waals surface area (Å²) in [5.41, 5.74) is 3.00. The molecule has 1 saturated carbocycles. The fourth-order valence-electron chi connectivity index (χ4n) is 3.56. The predicted molar refractivity (Wildman–Crippen MR) is 72.7 cm³/mol. The molecular weight excluding hydrogens is 295 g/mol. The molecule has 1 heteroatoms. The van der Waals surface area contributed by atoms with Gasteiger partial charge in [0.2, 0.25) is 0 Å². The molecule has 3 rings (SSSR count). The summed E-state index contributed by atoms with van der Waals surface area (Å²) in [6, 6.07) is 10.9. The summed E-state index contributed by atoms with van der Waals surface area (Å²) in [6.45, 7) is 2.36. The van der Waals surface area contributed by atoms with Gasteiger partial charge in [0.15, 0.2) is 0 Å². The third-order valence-electron chi connectivity index (χ3n) is 4.58. The third-order valence-corrected chi connectivity index (χ3v) is 6.69. The summed E-state index contributed by atoms with van der Waals surface area (Å²) in [4.78, 5) is 0. The number of benzene rings is 1. The molecule has 2 aliphatic carbocycles. The van der Waals surface area contributed by atoms with E-state index < -0.39 is 0 Å². The second-order valence-corrected chi connectivity index (χ2v) is 7.13. The Balaban J connectivity index is 1.94. The molecule has 0 nitrogen and oxygen atoms in total. The van der Waals surface area contributed by atoms with Crippen molar-refractivity contribution in [2.24, 2.45) is 17.8 Å². The number of rotatable bonds is 2. The number of hydrogen-bond donors (Lipinski definition) is 0. The van der Waals surface area contributed by atoms with Crippen molar-refractivity contribution in [3.8, 4) is 0 Å². The van der Waals surface area contributed by atoms with E-state index in [9.17, 15) is 0 Å². The van der Waals surface area contributed by atoms with E-state index in [1.165, 1.54) is 18.4 Å². The van der Waals surface area contributed by atoms with Gasteiger partial charge in [0.1, 0.15) is 0 Å². The maximum absolute atomic E-state index is 2.46. The van der Waals surface area contributed by atoms with E-state index in [-0.39, 0.29) is 0 Å². The van der Waals surface area contributed by atoms with Gasteiger partial charge in [0.05, 0.1) is 0 Å². The molecule has 0 saturated heterocycles. The average molecular weight is 315 g/mol. The molecule has 0 bridgehead atoms. The van der Waals surface area contributed by atoms with Crippen LogP contribution in [0.5, 0.6) is 0 Å². The Morgan fingerprint density at radius 2 is 2.00 bits per heavy atom. The van der Waals surface area contributed by atoms with Crippen molar-refractivity contribution < 1.29 is 24.7 Å². The Kier molecular flexibility index (Phi) is 3.71. The molecule has 0 N–H and O–H groups in total. The summed E-state index contributed by atoms with van der Waals surface area (Å²) in [6.07, 6.45) is 9.84. The van der Waals surface area contributed by atoms with Gasteiger partial charge in [-0.25, -0.2) is 0 Å². The topological polar surface area (TPSA) is 0 Å². The molecule has 0 aromatic heterocycles. The summed E-state index contributed by atoms with van der Waals surface area (Å²) in [5.74, 6) is 2.51. The van der Waals surface area contributed by atoms with Crippen LogP contribution in [0, 0.1) is 17.8 Å². The van der Waals surface area contributed by atoms with Crippen LogP contribution in [0.15, 0.2) is 48.6 Å². The van der Waals surface area contributed by atoms with Gasteiger partial charge in [-0.3, -0.25) is 0 Å². The first-order chi connectivity index (χ1) is 8.81. The van der Waals surface area contributed by atoms with E-state index in [1.807, 2.05) is 0 Å². The van der Waals surface area contributed by atoms with E-state index in [0.29, 0.717) is 0 Å². The zero-order chi connectivity index (χ0) is 12.5. The molecule has 0 amide bonds. The zero-order valence-corrected chi connectivity index (χ0v) is 13.3. The van der Waals surface area contributed by atoms with Crippen LogP contribution in [0.3, 0.4) is 0 Å². The van der Waals surface area contributed by atoms with E-state index in [0.717, 1.165) is 21.4 Å². The molecule has 1 aromatic carbocycles. The van der Waals surface area contributed by atoms with Crippen LogP contribution in [0.1, 0.15) is 25.3 Å². The van der Waals surface area contributed by atoms with Crippen LogP contribution in [0.2, 0.25) is 3.63 Å². The van der Waals surface area contributed by atoms with Crippen molar-refractivity contribution in [2.45, 2.75) is 23.4 Å². The quantitative estimate of drug-likeness (QED) is 0.746. The van der Waals surface area contributed by atoms with Crippen LogP contribution in [-0.4, -0.2) is 0 Å². The fourth-order valence-corrected chi connectivity index (χ4v) is 5.31. The van der Waals surface area contributed by atoms with E-state index in [2.05, 4.69) is 55.5 Å². The van der Waals surface area contributed by atoms with Crippen molar-refractivity contribution in [3.05, 3.63) is 54.1 Å². The molecule has 4 atom stereocenters. The van der Waals surface area contributed by atoms with E-state index in [1.54, 1.807) is 30.3 Å². The Morgan fingerprint density at radius 1 is 1.22 bits per heavy atom. The molecule has 4 unspecified atom stereocenters. The first kappa shape index (κ1) is 12.6. The molecule has 1 fully saturated rings. The third kappa shape index (κ3) is 2.12. The molecule has 91 valence electrons. The van der Waals surface area contributed by atoms with Crippen LogP contribution >= 0.6 is 0 Å². The molecule has 0 aliphatic heterocycles. The molecule has 0 heterocycles. The van der Waals surface area contributed by atoms with Crippen LogP contribution in [-0.2, 0) is 24.7 Å². The van der Waals surface area contributed by atoms with Crippen molar-refractivity contribution in [1.29, 1.82) is 0 Å². The van der Waals surface area contributed by atoms with Crippen LogP contribution < -0.4 is 0 Å². The first-order valence-electron chi connectivity index (χ1n) is 6.96. The van der Waals surface area contributed by atoms with Gasteiger partial charge in [-0.1, -0.05) is 0 Å². The second kappa shape index (κ2) is 5.29. The predicted octanol–water partition coefficient (Wildman–Crippen LogP) is 4.64. The van der Waals surface area contributed by atoms with Crippen molar-refractivity contribution in [2.75, 3.05) is 0 Å². The molecular formula is C17H19Zr. The van der Waals surface area contributed by atoms with E-state index >= 15 is 0 Å². The van der Waals surface area contributed by atoms with Crippen LogP contribution in [0.4, 0.5) is 0 Å². The normalized spacial score (nSPS) is 34.1. The molecule has 0 spiro atoms. The van der Waals surface area contributed by atoms with Crippen molar-refractivity contribution in [1.82, 2.24) is 0 Å². The van der Waals surface area contributed by atoms with Gasteiger partial charge < -0.3 is 0 Å². The Labute approximate surface area is 125 Å². The first-order valence-corrected chi connectivity index (χ1v) is 8.38. The van der Waals surface area contributed by atoms with Gasteiger partial charge in [-0.05, 0) is 0 Å². The summed E-state index contributed by atoms with van der Waals surface area (Å²) in [5, 5.41) is 0. The average Bonchev–Trinajstić information content (AvgIpc) is 2.77. The monoisotopic (exact) mass is 313 g/mol. The SMILES string of the molecule is CCC1CC2C(c3ccccc3)=CC=CC2[CH]1[Zr]. The Bertz CT molecular complexity index is 472. The van der Waals surface area contributed by atoms with E-state index in [4.69, 9.17) is 0 Å². The van der Waals surface area contributed by atoms with Crippen molar-refractivity contribution in [3.63, 3.8) is 0 Å². The van der Waals surface area contributed by atoms with Crippen LogP contribution in [0.25, 0.3) is 5.57 Å². The molecule has 18 heavy (non-hydrogen) atoms. The Morgan fingerprint density at radius 3 is 2.72 bits per heavy atom. The second-order valence-electron chi connectivity index (χ2n) is 5.49. The number of allylic oxidation sites excluding steroid dienone is 4. The van der Waals surface area contributed by atoms with Gasteiger partial charge in [-0.15, -0.1) is 0 Å². The number of hydrogen-bond acceptors (Lipinski definition) is 0. The molecule has 0 radical (unpaired) electrons. The van der Waals surface area contributed by atoms with Gasteiger partial charge in [0, 0.05) is 0 Å². The summed E-state index contributed by atoms with van der Waals surface area (Å²) in [7, 11) is 0. The molecule has 2 aliphatic rings. The zero-order valence-electron chi connectivity index (χ0n) is 10.8.